The number of benzene rings is 3. The molecule has 41 heavy (non-hydrogen) atoms. The Hall–Kier alpha value is -4.22. The van der Waals surface area contributed by atoms with Crippen molar-refractivity contribution < 1.29 is 29.5 Å². The minimum atomic E-state index is -2.21. The van der Waals surface area contributed by atoms with Gasteiger partial charge in [0.15, 0.2) is 5.72 Å². The number of para-hydroxylation sites is 2. The minimum Gasteiger partial charge on any atom is -0.496 e. The molecule has 1 aliphatic rings. The fraction of sp³-hybridized carbons (Fsp3) is 0.290. The predicted molar refractivity (Wildman–Crippen MR) is 150 cm³/mol. The second kappa shape index (κ2) is 11.0. The molecule has 0 spiro atoms. The number of aryl methyl sites for hydroxylation is 1. The average molecular weight is 561 g/mol. The van der Waals surface area contributed by atoms with Crippen LogP contribution in [0.15, 0.2) is 94.6 Å². The number of hydrogen-bond donors (Lipinski definition) is 4. The quantitative estimate of drug-likeness (QED) is 0.238. The summed E-state index contributed by atoms with van der Waals surface area (Å²) in [5.74, 6) is 0.766. The van der Waals surface area contributed by atoms with Gasteiger partial charge in [-0.15, -0.1) is 0 Å². The summed E-state index contributed by atoms with van der Waals surface area (Å²) in [6, 6.07) is 23.2. The van der Waals surface area contributed by atoms with E-state index in [4.69, 9.17) is 14.2 Å². The fourth-order valence-electron chi connectivity index (χ4n) is 6.10. The predicted octanol–water partition coefficient (Wildman–Crippen LogP) is 1.66. The summed E-state index contributed by atoms with van der Waals surface area (Å²) in [7, 11) is 2.99. The summed E-state index contributed by atoms with van der Waals surface area (Å²) in [5, 5.41) is 33.8. The first-order chi connectivity index (χ1) is 19.8. The van der Waals surface area contributed by atoms with Gasteiger partial charge in [-0.3, -0.25) is 14.3 Å². The average Bonchev–Trinajstić information content (AvgIpc) is 3.26. The molecular formula is C31H32N2O8. The number of aromatic nitrogens is 2. The third kappa shape index (κ3) is 4.10. The van der Waals surface area contributed by atoms with Gasteiger partial charge >= 0.3 is 5.69 Å². The number of rotatable bonds is 8. The van der Waals surface area contributed by atoms with Crippen LogP contribution in [-0.4, -0.2) is 64.0 Å². The number of hydrogen-bond acceptors (Lipinski definition) is 8. The smallest absolute Gasteiger partial charge is 0.330 e. The van der Waals surface area contributed by atoms with Crippen molar-refractivity contribution in [2.45, 2.75) is 36.4 Å². The molecule has 1 saturated heterocycles. The topological polar surface area (TPSA) is 143 Å². The molecule has 2 heterocycles. The van der Waals surface area contributed by atoms with E-state index in [9.17, 15) is 24.9 Å². The van der Waals surface area contributed by atoms with Crippen molar-refractivity contribution in [3.05, 3.63) is 128 Å². The Kier molecular flexibility index (Phi) is 7.58. The molecule has 1 aromatic heterocycles. The number of methoxy groups -OCH3 is 2. The summed E-state index contributed by atoms with van der Waals surface area (Å²) in [6.45, 7) is 0.847. The highest BCUT2D eigenvalue weighted by atomic mass is 16.6. The number of aliphatic hydroxyl groups is 3. The van der Waals surface area contributed by atoms with E-state index in [1.54, 1.807) is 72.8 Å². The highest BCUT2D eigenvalue weighted by molar-refractivity contribution is 5.62. The second-order valence-corrected chi connectivity index (χ2v) is 9.93. The Labute approximate surface area is 236 Å². The van der Waals surface area contributed by atoms with Crippen LogP contribution in [0.4, 0.5) is 0 Å². The van der Waals surface area contributed by atoms with Crippen LogP contribution < -0.4 is 20.7 Å². The maximum atomic E-state index is 13.8. The third-order valence-electron chi connectivity index (χ3n) is 7.86. The lowest BCUT2D eigenvalue weighted by atomic mass is 9.60. The normalized spacial score (nSPS) is 22.4. The van der Waals surface area contributed by atoms with Crippen molar-refractivity contribution in [2.24, 2.45) is 0 Å². The van der Waals surface area contributed by atoms with Gasteiger partial charge in [-0.2, -0.15) is 0 Å². The van der Waals surface area contributed by atoms with Crippen LogP contribution in [0, 0.1) is 6.92 Å². The molecule has 4 N–H and O–H groups in total. The zero-order chi connectivity index (χ0) is 29.4. The summed E-state index contributed by atoms with van der Waals surface area (Å²) in [4.78, 5) is 28.6. The second-order valence-electron chi connectivity index (χ2n) is 9.93. The molecule has 0 bridgehead atoms. The van der Waals surface area contributed by atoms with Gasteiger partial charge in [-0.25, -0.2) is 4.79 Å². The Balaban J connectivity index is 2.13. The molecule has 10 heteroatoms. The van der Waals surface area contributed by atoms with Gasteiger partial charge in [0, 0.05) is 22.9 Å². The number of nitrogens with one attached hydrogen (secondary N) is 1. The third-order valence-corrected chi connectivity index (χ3v) is 7.86. The van der Waals surface area contributed by atoms with Gasteiger partial charge in [0.05, 0.1) is 20.8 Å². The number of aromatic amines is 1. The van der Waals surface area contributed by atoms with E-state index in [1.165, 1.54) is 27.3 Å². The molecule has 1 aliphatic heterocycles. The van der Waals surface area contributed by atoms with Crippen molar-refractivity contribution >= 4 is 0 Å². The number of aliphatic hydroxyl groups excluding tert-OH is 3. The molecule has 4 aromatic rings. The van der Waals surface area contributed by atoms with Gasteiger partial charge in [0.25, 0.3) is 5.56 Å². The van der Waals surface area contributed by atoms with E-state index in [0.29, 0.717) is 28.2 Å². The summed E-state index contributed by atoms with van der Waals surface area (Å²) in [5.41, 5.74) is -3.82. The van der Waals surface area contributed by atoms with Gasteiger partial charge in [0.1, 0.15) is 35.2 Å². The van der Waals surface area contributed by atoms with Crippen molar-refractivity contribution in [3.63, 3.8) is 0 Å². The lowest BCUT2D eigenvalue weighted by molar-refractivity contribution is -0.180. The molecule has 4 atom stereocenters. The van der Waals surface area contributed by atoms with Crippen molar-refractivity contribution in [2.75, 3.05) is 20.8 Å². The lowest BCUT2D eigenvalue weighted by Crippen LogP contribution is -2.64. The number of H-pyrrole nitrogens is 1. The lowest BCUT2D eigenvalue weighted by Gasteiger charge is -2.51. The van der Waals surface area contributed by atoms with Crippen LogP contribution in [-0.2, 0) is 15.9 Å². The fourth-order valence-corrected chi connectivity index (χ4v) is 6.10. The van der Waals surface area contributed by atoms with Crippen LogP contribution >= 0.6 is 0 Å². The van der Waals surface area contributed by atoms with Crippen molar-refractivity contribution in [3.8, 4) is 11.5 Å². The van der Waals surface area contributed by atoms with Gasteiger partial charge in [-0.1, -0.05) is 66.7 Å². The van der Waals surface area contributed by atoms with E-state index in [0.717, 1.165) is 4.57 Å². The maximum Gasteiger partial charge on any atom is 0.330 e. The minimum absolute atomic E-state index is 0.156. The maximum absolute atomic E-state index is 13.8. The first kappa shape index (κ1) is 28.3. The Morgan fingerprint density at radius 2 is 1.44 bits per heavy atom. The molecule has 0 unspecified atom stereocenters. The monoisotopic (exact) mass is 560 g/mol. The molecule has 0 aliphatic carbocycles. The standard InChI is InChI=1S/C31H32N2O8/c1-19-17-33(29(38)32-28(19)37)31(27(36)26(35)25(18-34)41-31)30(20-11-5-4-6-12-20,21-13-7-9-15-23(21)39-2)22-14-8-10-16-24(22)40-3/h4-17,25-27,34-36H,18H2,1-3H3,(H,32,37,38)/t25-,26-,27-,31+/m1/s1. The zero-order valence-electron chi connectivity index (χ0n) is 22.9. The van der Waals surface area contributed by atoms with Crippen LogP contribution in [0.3, 0.4) is 0 Å². The molecule has 10 nitrogen and oxygen atoms in total. The van der Waals surface area contributed by atoms with E-state index in [-0.39, 0.29) is 5.56 Å². The first-order valence-electron chi connectivity index (χ1n) is 13.1. The molecule has 5 rings (SSSR count). The molecular weight excluding hydrogens is 528 g/mol. The number of ether oxygens (including phenoxy) is 3. The SMILES string of the molecule is COc1ccccc1C(c1ccccc1)(c1ccccc1OC)[C@@]1(n2cc(C)c(=O)[nH]c2=O)O[C@H](CO)[C@@H](O)[C@H]1O. The van der Waals surface area contributed by atoms with Gasteiger partial charge in [0.2, 0.25) is 0 Å². The first-order valence-corrected chi connectivity index (χ1v) is 13.1. The van der Waals surface area contributed by atoms with Crippen LogP contribution in [0.25, 0.3) is 0 Å². The molecule has 3 aromatic carbocycles. The Morgan fingerprint density at radius 1 is 0.902 bits per heavy atom. The largest absolute Gasteiger partial charge is 0.496 e. The Morgan fingerprint density at radius 3 is 1.95 bits per heavy atom. The highest BCUT2D eigenvalue weighted by Gasteiger charge is 2.69. The molecule has 0 amide bonds. The van der Waals surface area contributed by atoms with Crippen LogP contribution in [0.2, 0.25) is 0 Å². The summed E-state index contributed by atoms with van der Waals surface area (Å²) >= 11 is 0. The van der Waals surface area contributed by atoms with E-state index in [2.05, 4.69) is 4.98 Å². The summed E-state index contributed by atoms with van der Waals surface area (Å²) < 4.78 is 19.4. The van der Waals surface area contributed by atoms with Crippen molar-refractivity contribution in [1.29, 1.82) is 0 Å². The number of nitrogens with zero attached hydrogens (tertiary/aromatic N) is 1. The van der Waals surface area contributed by atoms with E-state index < -0.39 is 47.3 Å². The summed E-state index contributed by atoms with van der Waals surface area (Å²) in [6.07, 6.45) is -3.47. The van der Waals surface area contributed by atoms with Gasteiger partial charge in [-0.05, 0) is 24.6 Å². The molecule has 1 fully saturated rings. The van der Waals surface area contributed by atoms with Crippen LogP contribution in [0.1, 0.15) is 22.3 Å². The molecule has 0 radical (unpaired) electrons. The van der Waals surface area contributed by atoms with E-state index >= 15 is 0 Å². The van der Waals surface area contributed by atoms with Crippen LogP contribution in [0.5, 0.6) is 11.5 Å². The van der Waals surface area contributed by atoms with Gasteiger partial charge < -0.3 is 29.5 Å². The van der Waals surface area contributed by atoms with Crippen molar-refractivity contribution in [1.82, 2.24) is 9.55 Å². The zero-order valence-corrected chi connectivity index (χ0v) is 22.9. The molecule has 214 valence electrons. The molecule has 0 saturated carbocycles. The Bertz CT molecular complexity index is 1600. The highest BCUT2D eigenvalue weighted by Crippen LogP contribution is 2.59. The van der Waals surface area contributed by atoms with E-state index in [1.807, 2.05) is 6.07 Å².